The number of para-hydroxylation sites is 1. The lowest BCUT2D eigenvalue weighted by atomic mass is 10.1. The number of nitrogens with one attached hydrogen (secondary N) is 1. The highest BCUT2D eigenvalue weighted by Crippen LogP contribution is 2.36. The summed E-state index contributed by atoms with van der Waals surface area (Å²) >= 11 is 19.1. The zero-order valence-corrected chi connectivity index (χ0v) is 23.1. The van der Waals surface area contributed by atoms with Crippen molar-refractivity contribution in [2.24, 2.45) is 0 Å². The van der Waals surface area contributed by atoms with Gasteiger partial charge in [-0.25, -0.2) is 0 Å². The molecule has 1 aliphatic rings. The molecule has 38 heavy (non-hydrogen) atoms. The highest BCUT2D eigenvalue weighted by atomic mass is 35.5. The van der Waals surface area contributed by atoms with Crippen LogP contribution in [-0.4, -0.2) is 35.2 Å². The minimum Gasteiger partial charge on any atom is -0.490 e. The second-order valence-electron chi connectivity index (χ2n) is 7.96. The molecule has 3 aromatic carbocycles. The van der Waals surface area contributed by atoms with Crippen molar-refractivity contribution >= 4 is 75.4 Å². The summed E-state index contributed by atoms with van der Waals surface area (Å²) in [4.78, 5) is 39.3. The lowest BCUT2D eigenvalue weighted by Crippen LogP contribution is -2.27. The van der Waals surface area contributed by atoms with Crippen molar-refractivity contribution in [2.45, 2.75) is 13.5 Å². The number of carbonyl (C=O) groups is 3. The summed E-state index contributed by atoms with van der Waals surface area (Å²) < 4.78 is 11.4. The van der Waals surface area contributed by atoms with E-state index in [2.05, 4.69) is 5.32 Å². The maximum absolute atomic E-state index is 13.0. The number of hydrogen-bond donors (Lipinski definition) is 1. The van der Waals surface area contributed by atoms with E-state index in [9.17, 15) is 14.4 Å². The average Bonchev–Trinajstić information content (AvgIpc) is 3.14. The summed E-state index contributed by atoms with van der Waals surface area (Å²) in [5.41, 5.74) is 1.71. The Kier molecular flexibility index (Phi) is 9.22. The van der Waals surface area contributed by atoms with E-state index in [1.54, 1.807) is 66.7 Å². The maximum atomic E-state index is 13.0. The first-order chi connectivity index (χ1) is 18.2. The molecule has 7 nitrogen and oxygen atoms in total. The van der Waals surface area contributed by atoms with E-state index in [0.717, 1.165) is 16.7 Å². The molecule has 0 aliphatic carbocycles. The largest absolute Gasteiger partial charge is 0.490 e. The number of halogens is 3. The van der Waals surface area contributed by atoms with Gasteiger partial charge in [0.15, 0.2) is 18.1 Å². The number of imide groups is 1. The highest BCUT2D eigenvalue weighted by molar-refractivity contribution is 8.18. The van der Waals surface area contributed by atoms with Crippen LogP contribution >= 0.6 is 46.6 Å². The van der Waals surface area contributed by atoms with E-state index in [1.165, 1.54) is 0 Å². The summed E-state index contributed by atoms with van der Waals surface area (Å²) in [5.74, 6) is -0.0811. The molecule has 0 saturated carbocycles. The monoisotopic (exact) mass is 590 g/mol. The molecule has 1 heterocycles. The van der Waals surface area contributed by atoms with E-state index in [0.29, 0.717) is 50.0 Å². The van der Waals surface area contributed by atoms with Crippen LogP contribution in [0.2, 0.25) is 15.1 Å². The number of anilines is 1. The predicted molar refractivity (Wildman–Crippen MR) is 151 cm³/mol. The molecule has 3 aromatic rings. The van der Waals surface area contributed by atoms with Crippen LogP contribution in [0, 0.1) is 0 Å². The molecule has 0 aromatic heterocycles. The van der Waals surface area contributed by atoms with Gasteiger partial charge in [-0.1, -0.05) is 59.1 Å². The molecule has 3 amide bonds. The Hall–Kier alpha value is -3.17. The Bertz CT molecular complexity index is 1430. The number of hydrogen-bond acceptors (Lipinski definition) is 6. The number of nitrogens with zero attached hydrogens (tertiary/aromatic N) is 1. The highest BCUT2D eigenvalue weighted by Gasteiger charge is 2.35. The second-order valence-corrected chi connectivity index (χ2v) is 10.2. The van der Waals surface area contributed by atoms with Crippen molar-refractivity contribution in [3.05, 3.63) is 91.8 Å². The maximum Gasteiger partial charge on any atom is 0.293 e. The van der Waals surface area contributed by atoms with Gasteiger partial charge in [-0.15, -0.1) is 0 Å². The van der Waals surface area contributed by atoms with Crippen molar-refractivity contribution in [2.75, 3.05) is 18.5 Å². The smallest absolute Gasteiger partial charge is 0.293 e. The van der Waals surface area contributed by atoms with Gasteiger partial charge in [0.1, 0.15) is 0 Å². The number of rotatable bonds is 9. The van der Waals surface area contributed by atoms with Crippen LogP contribution < -0.4 is 14.8 Å². The molecule has 196 valence electrons. The van der Waals surface area contributed by atoms with Crippen LogP contribution in [0.25, 0.3) is 6.08 Å². The third-order valence-corrected chi connectivity index (χ3v) is 7.11. The first-order valence-corrected chi connectivity index (χ1v) is 13.3. The van der Waals surface area contributed by atoms with E-state index < -0.39 is 11.1 Å². The van der Waals surface area contributed by atoms with Gasteiger partial charge >= 0.3 is 0 Å². The molecule has 1 saturated heterocycles. The minimum atomic E-state index is -0.430. The zero-order chi connectivity index (χ0) is 27.2. The molecule has 1 fully saturated rings. The van der Waals surface area contributed by atoms with E-state index in [-0.39, 0.29) is 24.0 Å². The van der Waals surface area contributed by atoms with E-state index in [4.69, 9.17) is 44.3 Å². The van der Waals surface area contributed by atoms with Crippen LogP contribution in [-0.2, 0) is 16.1 Å². The van der Waals surface area contributed by atoms with Gasteiger partial charge in [-0.2, -0.15) is 0 Å². The number of benzene rings is 3. The molecule has 0 bridgehead atoms. The number of ether oxygens (including phenoxy) is 2. The Morgan fingerprint density at radius 3 is 2.50 bits per heavy atom. The fourth-order valence-electron chi connectivity index (χ4n) is 3.50. The third kappa shape index (κ3) is 6.82. The summed E-state index contributed by atoms with van der Waals surface area (Å²) in [6, 6.07) is 16.8. The van der Waals surface area contributed by atoms with Gasteiger partial charge < -0.3 is 14.8 Å². The fraction of sp³-hybridized carbons (Fsp3) is 0.148. The topological polar surface area (TPSA) is 84.9 Å². The number of carbonyl (C=O) groups excluding carboxylic acids is 3. The summed E-state index contributed by atoms with van der Waals surface area (Å²) in [6.45, 7) is 1.93. The van der Waals surface area contributed by atoms with Crippen molar-refractivity contribution in [3.8, 4) is 11.5 Å². The fourth-order valence-corrected chi connectivity index (χ4v) is 4.99. The Morgan fingerprint density at radius 1 is 0.974 bits per heavy atom. The van der Waals surface area contributed by atoms with E-state index in [1.807, 2.05) is 6.92 Å². The van der Waals surface area contributed by atoms with Crippen molar-refractivity contribution in [1.29, 1.82) is 0 Å². The molecule has 0 atom stereocenters. The van der Waals surface area contributed by atoms with Crippen molar-refractivity contribution in [3.63, 3.8) is 0 Å². The van der Waals surface area contributed by atoms with Crippen molar-refractivity contribution < 1.29 is 23.9 Å². The Morgan fingerprint density at radius 2 is 1.76 bits per heavy atom. The lowest BCUT2D eigenvalue weighted by Gasteiger charge is -2.14. The number of thioether (sulfide) groups is 1. The summed E-state index contributed by atoms with van der Waals surface area (Å²) in [5, 5.41) is 3.54. The van der Waals surface area contributed by atoms with Crippen LogP contribution in [0.1, 0.15) is 18.1 Å². The Balaban J connectivity index is 1.46. The molecule has 1 N–H and O–H groups in total. The average molecular weight is 592 g/mol. The lowest BCUT2D eigenvalue weighted by molar-refractivity contribution is -0.123. The SMILES string of the molecule is CCOc1cc(/C=C2\SC(=O)N(Cc3ccc(Cl)cc3Cl)C2=O)ccc1OCC(=O)Nc1ccccc1Cl. The molecule has 0 spiro atoms. The van der Waals surface area contributed by atoms with Gasteiger partial charge in [-0.3, -0.25) is 19.3 Å². The standard InChI is InChI=1S/C27H21Cl3N2O5S/c1-2-36-23-11-16(7-10-22(23)37-15-25(33)31-21-6-4-3-5-19(21)29)12-24-26(34)32(27(35)38-24)14-17-8-9-18(28)13-20(17)30/h3-13H,2,14-15H2,1H3,(H,31,33)/b24-12-. The van der Waals surface area contributed by atoms with Crippen LogP contribution in [0.4, 0.5) is 10.5 Å². The van der Waals surface area contributed by atoms with Gasteiger partial charge in [0, 0.05) is 10.0 Å². The predicted octanol–water partition coefficient (Wildman–Crippen LogP) is 7.30. The molecule has 0 radical (unpaired) electrons. The van der Waals surface area contributed by atoms with Crippen molar-refractivity contribution in [1.82, 2.24) is 4.90 Å². The third-order valence-electron chi connectivity index (χ3n) is 5.29. The van der Waals surface area contributed by atoms with Gasteiger partial charge in [-0.05, 0) is 72.3 Å². The minimum absolute atomic E-state index is 0.0330. The zero-order valence-electron chi connectivity index (χ0n) is 20.0. The molecule has 1 aliphatic heterocycles. The first kappa shape index (κ1) is 27.9. The molecule has 11 heteroatoms. The van der Waals surface area contributed by atoms with Gasteiger partial charge in [0.2, 0.25) is 0 Å². The molecular formula is C27H21Cl3N2O5S. The number of amides is 3. The van der Waals surface area contributed by atoms with Crippen LogP contribution in [0.15, 0.2) is 65.6 Å². The normalized spacial score (nSPS) is 14.2. The molecule has 0 unspecified atom stereocenters. The quantitative estimate of drug-likeness (QED) is 0.263. The van der Waals surface area contributed by atoms with Gasteiger partial charge in [0.05, 0.1) is 28.8 Å². The second kappa shape index (κ2) is 12.6. The van der Waals surface area contributed by atoms with Crippen LogP contribution in [0.5, 0.6) is 11.5 Å². The molecule has 4 rings (SSSR count). The van der Waals surface area contributed by atoms with Gasteiger partial charge in [0.25, 0.3) is 17.1 Å². The first-order valence-electron chi connectivity index (χ1n) is 11.4. The summed E-state index contributed by atoms with van der Waals surface area (Å²) in [6.07, 6.45) is 1.60. The Labute approximate surface area is 238 Å². The summed E-state index contributed by atoms with van der Waals surface area (Å²) in [7, 11) is 0. The molecular weight excluding hydrogens is 571 g/mol. The van der Waals surface area contributed by atoms with E-state index >= 15 is 0 Å². The van der Waals surface area contributed by atoms with Crippen LogP contribution in [0.3, 0.4) is 0 Å².